The summed E-state index contributed by atoms with van der Waals surface area (Å²) in [5.74, 6) is 2.01. The fourth-order valence-corrected chi connectivity index (χ4v) is 6.36. The van der Waals surface area contributed by atoms with Gasteiger partial charge in [-0.2, -0.15) is 5.26 Å². The molecule has 1 aromatic carbocycles. The molecule has 3 aliphatic rings. The predicted octanol–water partition coefficient (Wildman–Crippen LogP) is 2.54. The van der Waals surface area contributed by atoms with E-state index in [0.717, 1.165) is 36.0 Å². The molecule has 2 amide bonds. The lowest BCUT2D eigenvalue weighted by atomic mass is 10.0. The van der Waals surface area contributed by atoms with Crippen molar-refractivity contribution in [2.24, 2.45) is 17.6 Å². The quantitative estimate of drug-likeness (QED) is 0.792. The fourth-order valence-electron chi connectivity index (χ4n) is 5.26. The summed E-state index contributed by atoms with van der Waals surface area (Å²) in [7, 11) is 0. The molecule has 31 heavy (non-hydrogen) atoms. The van der Waals surface area contributed by atoms with Gasteiger partial charge in [0.2, 0.25) is 11.8 Å². The van der Waals surface area contributed by atoms with Gasteiger partial charge in [0, 0.05) is 29.9 Å². The number of rotatable bonds is 4. The lowest BCUT2D eigenvalue weighted by Crippen LogP contribution is -2.36. The zero-order chi connectivity index (χ0) is 21.5. The number of nitriles is 1. The van der Waals surface area contributed by atoms with Crippen LogP contribution in [0, 0.1) is 23.2 Å². The average Bonchev–Trinajstić information content (AvgIpc) is 3.48. The van der Waals surface area contributed by atoms with Crippen molar-refractivity contribution in [3.63, 3.8) is 0 Å². The molecule has 1 saturated carbocycles. The third-order valence-electron chi connectivity index (χ3n) is 6.89. The molecular formula is C23H25N5O2S. The number of primary amides is 1. The van der Waals surface area contributed by atoms with Gasteiger partial charge in [0.1, 0.15) is 6.04 Å². The van der Waals surface area contributed by atoms with Crippen LogP contribution in [-0.2, 0) is 11.2 Å². The van der Waals surface area contributed by atoms with Gasteiger partial charge in [0.05, 0.1) is 35.1 Å². The van der Waals surface area contributed by atoms with Crippen molar-refractivity contribution in [3.05, 3.63) is 35.5 Å². The Hall–Kier alpha value is -2.79. The van der Waals surface area contributed by atoms with Crippen LogP contribution in [0.4, 0.5) is 5.69 Å². The van der Waals surface area contributed by atoms with Gasteiger partial charge in [-0.15, -0.1) is 11.8 Å². The highest BCUT2D eigenvalue weighted by Crippen LogP contribution is 2.40. The first kappa shape index (κ1) is 20.1. The SMILES string of the molecule is N#CC1CSCN1C(=O)Cc1cc(C(N)=O)c2cc(N3CC4CCCC4C3)ccc2n1. The van der Waals surface area contributed by atoms with Crippen molar-refractivity contribution < 1.29 is 9.59 Å². The monoisotopic (exact) mass is 435 g/mol. The molecular weight excluding hydrogens is 410 g/mol. The normalized spacial score (nSPS) is 25.1. The molecule has 2 aromatic rings. The molecule has 5 rings (SSSR count). The van der Waals surface area contributed by atoms with Crippen molar-refractivity contribution in [1.82, 2.24) is 9.88 Å². The molecule has 2 saturated heterocycles. The number of amides is 2. The average molecular weight is 436 g/mol. The van der Waals surface area contributed by atoms with Gasteiger partial charge in [-0.1, -0.05) is 6.42 Å². The van der Waals surface area contributed by atoms with Crippen LogP contribution >= 0.6 is 11.8 Å². The minimum absolute atomic E-state index is 0.0478. The summed E-state index contributed by atoms with van der Waals surface area (Å²) in [5.41, 5.74) is 8.36. The maximum absolute atomic E-state index is 12.7. The van der Waals surface area contributed by atoms with E-state index in [1.807, 2.05) is 12.1 Å². The van der Waals surface area contributed by atoms with Crippen LogP contribution in [0.1, 0.15) is 35.3 Å². The minimum atomic E-state index is -0.525. The van der Waals surface area contributed by atoms with Gasteiger partial charge in [-0.05, 0) is 48.9 Å². The van der Waals surface area contributed by atoms with Crippen molar-refractivity contribution in [2.45, 2.75) is 31.7 Å². The summed E-state index contributed by atoms with van der Waals surface area (Å²) in [6, 6.07) is 9.38. The maximum atomic E-state index is 12.7. The second-order valence-electron chi connectivity index (χ2n) is 8.77. The first-order valence-electron chi connectivity index (χ1n) is 10.8. The fraction of sp³-hybridized carbons (Fsp3) is 0.478. The largest absolute Gasteiger partial charge is 0.371 e. The predicted molar refractivity (Wildman–Crippen MR) is 121 cm³/mol. The van der Waals surface area contributed by atoms with Crippen LogP contribution in [0.25, 0.3) is 10.9 Å². The van der Waals surface area contributed by atoms with Gasteiger partial charge in [0.15, 0.2) is 0 Å². The van der Waals surface area contributed by atoms with Gasteiger partial charge < -0.3 is 15.5 Å². The van der Waals surface area contributed by atoms with Gasteiger partial charge in [0.25, 0.3) is 0 Å². The molecule has 1 aromatic heterocycles. The zero-order valence-electron chi connectivity index (χ0n) is 17.3. The van der Waals surface area contributed by atoms with Crippen LogP contribution < -0.4 is 10.6 Å². The lowest BCUT2D eigenvalue weighted by Gasteiger charge is -2.21. The number of hydrogen-bond acceptors (Lipinski definition) is 6. The first-order chi connectivity index (χ1) is 15.0. The van der Waals surface area contributed by atoms with Crippen LogP contribution in [0.15, 0.2) is 24.3 Å². The number of aromatic nitrogens is 1. The number of pyridine rings is 1. The number of anilines is 1. The summed E-state index contributed by atoms with van der Waals surface area (Å²) in [6.07, 6.45) is 4.00. The number of carbonyl (C=O) groups is 2. The van der Waals surface area contributed by atoms with Crippen LogP contribution in [0.5, 0.6) is 0 Å². The third kappa shape index (κ3) is 3.72. The van der Waals surface area contributed by atoms with Crippen LogP contribution in [-0.4, -0.2) is 52.5 Å². The number of carbonyl (C=O) groups excluding carboxylic acids is 2. The summed E-state index contributed by atoms with van der Waals surface area (Å²) >= 11 is 1.57. The number of nitrogens with two attached hydrogens (primary N) is 1. The molecule has 160 valence electrons. The third-order valence-corrected chi connectivity index (χ3v) is 7.90. The van der Waals surface area contributed by atoms with Crippen LogP contribution in [0.2, 0.25) is 0 Å². The van der Waals surface area contributed by atoms with E-state index in [1.54, 1.807) is 22.7 Å². The van der Waals surface area contributed by atoms with Crippen molar-refractivity contribution in [3.8, 4) is 6.07 Å². The van der Waals surface area contributed by atoms with Gasteiger partial charge in [-0.3, -0.25) is 14.6 Å². The Morgan fingerprint density at radius 3 is 2.71 bits per heavy atom. The Kier molecular flexibility index (Phi) is 5.22. The van der Waals surface area contributed by atoms with Gasteiger partial charge in [-0.25, -0.2) is 0 Å². The second kappa shape index (κ2) is 8.04. The molecule has 0 radical (unpaired) electrons. The van der Waals surface area contributed by atoms with Gasteiger partial charge >= 0.3 is 0 Å². The summed E-state index contributed by atoms with van der Waals surface area (Å²) in [6.45, 7) is 2.13. The van der Waals surface area contributed by atoms with E-state index in [9.17, 15) is 14.9 Å². The Bertz CT molecular complexity index is 1090. The summed E-state index contributed by atoms with van der Waals surface area (Å²) in [4.78, 5) is 33.6. The lowest BCUT2D eigenvalue weighted by molar-refractivity contribution is -0.130. The van der Waals surface area contributed by atoms with E-state index in [4.69, 9.17) is 5.73 Å². The molecule has 0 spiro atoms. The number of thioether (sulfide) groups is 1. The van der Waals surface area contributed by atoms with E-state index < -0.39 is 11.9 Å². The Morgan fingerprint density at radius 2 is 2.00 bits per heavy atom. The molecule has 0 bridgehead atoms. The standard InChI is InChI=1S/C23H25N5O2S/c24-9-18-12-31-13-28(18)22(29)7-16-6-20(23(25)30)19-8-17(4-5-21(19)26-16)27-10-14-2-1-3-15(14)11-27/h4-6,8,14-15,18H,1-3,7,10-13H2,(H2,25,30). The Balaban J connectivity index is 1.43. The maximum Gasteiger partial charge on any atom is 0.249 e. The van der Waals surface area contributed by atoms with Crippen LogP contribution in [0.3, 0.4) is 0 Å². The number of fused-ring (bicyclic) bond motifs is 2. The minimum Gasteiger partial charge on any atom is -0.371 e. The number of benzene rings is 1. The van der Waals surface area contributed by atoms with Crippen molar-refractivity contribution in [1.29, 1.82) is 5.26 Å². The number of nitrogens with zero attached hydrogens (tertiary/aromatic N) is 4. The molecule has 7 nitrogen and oxygen atoms in total. The summed E-state index contributed by atoms with van der Waals surface area (Å²) < 4.78 is 0. The van der Waals surface area contributed by atoms with E-state index >= 15 is 0 Å². The van der Waals surface area contributed by atoms with E-state index in [2.05, 4.69) is 22.0 Å². The Labute approximate surface area is 185 Å². The molecule has 3 unspecified atom stereocenters. The van der Waals surface area contributed by atoms with Crippen molar-refractivity contribution >= 4 is 40.2 Å². The highest BCUT2D eigenvalue weighted by atomic mass is 32.2. The van der Waals surface area contributed by atoms with E-state index in [-0.39, 0.29) is 12.3 Å². The molecule has 1 aliphatic carbocycles. The highest BCUT2D eigenvalue weighted by Gasteiger charge is 2.36. The van der Waals surface area contributed by atoms with Crippen molar-refractivity contribution in [2.75, 3.05) is 29.6 Å². The van der Waals surface area contributed by atoms with E-state index in [1.165, 1.54) is 19.3 Å². The van der Waals surface area contributed by atoms with E-state index in [0.29, 0.717) is 28.4 Å². The molecule has 3 fully saturated rings. The molecule has 3 heterocycles. The topological polar surface area (TPSA) is 103 Å². The smallest absolute Gasteiger partial charge is 0.249 e. The molecule has 2 aliphatic heterocycles. The molecule has 8 heteroatoms. The number of hydrogen-bond donors (Lipinski definition) is 1. The molecule has 2 N–H and O–H groups in total. The first-order valence-corrected chi connectivity index (χ1v) is 11.9. The summed E-state index contributed by atoms with van der Waals surface area (Å²) in [5, 5.41) is 9.97. The highest BCUT2D eigenvalue weighted by molar-refractivity contribution is 7.99. The Morgan fingerprint density at radius 1 is 1.23 bits per heavy atom. The second-order valence-corrected chi connectivity index (χ2v) is 9.77. The molecule has 3 atom stereocenters. The zero-order valence-corrected chi connectivity index (χ0v) is 18.1.